The maximum absolute atomic E-state index is 13.5. The number of ether oxygens (including phenoxy) is 1. The maximum atomic E-state index is 13.5. The summed E-state index contributed by atoms with van der Waals surface area (Å²) < 4.78 is 58.4. The van der Waals surface area contributed by atoms with Gasteiger partial charge in [-0.1, -0.05) is 18.2 Å². The molecular formula is C28H23F4N3O4S. The van der Waals surface area contributed by atoms with Crippen molar-refractivity contribution in [2.75, 3.05) is 16.8 Å². The van der Waals surface area contributed by atoms with Crippen molar-refractivity contribution in [3.8, 4) is 0 Å². The van der Waals surface area contributed by atoms with Crippen LogP contribution in [0.15, 0.2) is 72.8 Å². The van der Waals surface area contributed by atoms with E-state index in [-0.39, 0.29) is 30.4 Å². The van der Waals surface area contributed by atoms with Gasteiger partial charge in [0, 0.05) is 12.2 Å². The van der Waals surface area contributed by atoms with E-state index >= 15 is 0 Å². The average molecular weight is 574 g/mol. The zero-order valence-corrected chi connectivity index (χ0v) is 21.9. The number of hydrogen-bond acceptors (Lipinski definition) is 5. The lowest BCUT2D eigenvalue weighted by Gasteiger charge is -2.24. The van der Waals surface area contributed by atoms with E-state index in [9.17, 15) is 31.9 Å². The van der Waals surface area contributed by atoms with E-state index in [1.807, 2.05) is 0 Å². The fourth-order valence-electron chi connectivity index (χ4n) is 4.15. The lowest BCUT2D eigenvalue weighted by Crippen LogP contribution is -2.37. The first-order valence-electron chi connectivity index (χ1n) is 12.1. The minimum absolute atomic E-state index is 0.00645. The number of rotatable bonds is 8. The Labute approximate surface area is 232 Å². The molecule has 1 atom stereocenters. The molecule has 0 saturated carbocycles. The van der Waals surface area contributed by atoms with Crippen LogP contribution in [0.1, 0.15) is 34.8 Å². The summed E-state index contributed by atoms with van der Waals surface area (Å²) in [6.07, 6.45) is -5.02. The van der Waals surface area contributed by atoms with Crippen LogP contribution < -0.4 is 10.2 Å². The number of nitrogens with zero attached hydrogens (tertiary/aromatic N) is 2. The van der Waals surface area contributed by atoms with E-state index in [1.54, 1.807) is 6.92 Å². The number of benzene rings is 3. The molecule has 1 saturated heterocycles. The van der Waals surface area contributed by atoms with E-state index < -0.39 is 41.4 Å². The second kappa shape index (κ2) is 11.8. The highest BCUT2D eigenvalue weighted by atomic mass is 32.1. The molecule has 1 N–H and O–H groups in total. The Hall–Kier alpha value is -4.32. The number of esters is 1. The smallest absolute Gasteiger partial charge is 0.416 e. The van der Waals surface area contributed by atoms with Gasteiger partial charge in [0.05, 0.1) is 29.8 Å². The molecule has 0 aromatic heterocycles. The van der Waals surface area contributed by atoms with Crippen molar-refractivity contribution >= 4 is 46.5 Å². The summed E-state index contributed by atoms with van der Waals surface area (Å²) in [5.74, 6) is -2.24. The molecule has 3 aromatic carbocycles. The van der Waals surface area contributed by atoms with E-state index in [1.165, 1.54) is 65.6 Å². The molecule has 1 fully saturated rings. The molecule has 1 aliphatic heterocycles. The average Bonchev–Trinajstić information content (AvgIpc) is 3.13. The highest BCUT2D eigenvalue weighted by Gasteiger charge is 2.44. The third-order valence-corrected chi connectivity index (χ3v) is 6.49. The molecule has 12 heteroatoms. The predicted octanol–water partition coefficient (Wildman–Crippen LogP) is 5.55. The minimum Gasteiger partial charge on any atom is -0.462 e. The molecule has 1 heterocycles. The Morgan fingerprint density at radius 2 is 1.70 bits per heavy atom. The normalized spacial score (nSPS) is 15.4. The molecule has 40 heavy (non-hydrogen) atoms. The lowest BCUT2D eigenvalue weighted by atomic mass is 10.1. The van der Waals surface area contributed by atoms with Gasteiger partial charge in [-0.15, -0.1) is 0 Å². The van der Waals surface area contributed by atoms with Crippen LogP contribution in [0.4, 0.5) is 28.9 Å². The van der Waals surface area contributed by atoms with Gasteiger partial charge in [0.15, 0.2) is 5.11 Å². The largest absolute Gasteiger partial charge is 0.462 e. The van der Waals surface area contributed by atoms with Gasteiger partial charge in [-0.3, -0.25) is 14.5 Å². The highest BCUT2D eigenvalue weighted by molar-refractivity contribution is 7.80. The number of alkyl halides is 3. The van der Waals surface area contributed by atoms with Gasteiger partial charge in [0.25, 0.3) is 5.91 Å². The van der Waals surface area contributed by atoms with Crippen molar-refractivity contribution in [2.24, 2.45) is 0 Å². The van der Waals surface area contributed by atoms with Crippen LogP contribution in [0.5, 0.6) is 0 Å². The number of thiocarbonyl (C=S) groups is 1. The fraction of sp³-hybridized carbons (Fsp3) is 0.214. The van der Waals surface area contributed by atoms with Crippen molar-refractivity contribution in [1.82, 2.24) is 4.90 Å². The zero-order chi connectivity index (χ0) is 29.0. The summed E-state index contributed by atoms with van der Waals surface area (Å²) in [6, 6.07) is 14.4. The van der Waals surface area contributed by atoms with E-state index in [4.69, 9.17) is 17.0 Å². The summed E-state index contributed by atoms with van der Waals surface area (Å²) in [7, 11) is 0. The Bertz CT molecular complexity index is 1430. The molecule has 4 rings (SSSR count). The van der Waals surface area contributed by atoms with Gasteiger partial charge in [0.1, 0.15) is 11.9 Å². The molecule has 0 bridgehead atoms. The summed E-state index contributed by atoms with van der Waals surface area (Å²) >= 11 is 5.50. The number of halogens is 4. The van der Waals surface area contributed by atoms with Gasteiger partial charge in [-0.05, 0) is 79.3 Å². The van der Waals surface area contributed by atoms with Crippen LogP contribution >= 0.6 is 12.2 Å². The van der Waals surface area contributed by atoms with Gasteiger partial charge in [-0.25, -0.2) is 9.18 Å². The second-order valence-corrected chi connectivity index (χ2v) is 9.19. The summed E-state index contributed by atoms with van der Waals surface area (Å²) in [6.45, 7) is 1.89. The van der Waals surface area contributed by atoms with Crippen molar-refractivity contribution in [3.05, 3.63) is 95.3 Å². The second-order valence-electron chi connectivity index (χ2n) is 8.82. The zero-order valence-electron chi connectivity index (χ0n) is 21.1. The first-order valence-corrected chi connectivity index (χ1v) is 12.5. The Kier molecular flexibility index (Phi) is 8.48. The van der Waals surface area contributed by atoms with Crippen molar-refractivity contribution < 1.29 is 36.7 Å². The molecule has 0 aliphatic carbocycles. The third kappa shape index (κ3) is 6.45. The Morgan fingerprint density at radius 3 is 2.33 bits per heavy atom. The van der Waals surface area contributed by atoms with Crippen molar-refractivity contribution in [3.63, 3.8) is 0 Å². The highest BCUT2D eigenvalue weighted by Crippen LogP contribution is 2.34. The molecule has 2 amide bonds. The molecule has 1 aliphatic rings. The summed E-state index contributed by atoms with van der Waals surface area (Å²) in [4.78, 5) is 40.7. The monoisotopic (exact) mass is 573 g/mol. The third-order valence-electron chi connectivity index (χ3n) is 6.08. The van der Waals surface area contributed by atoms with E-state index in [0.29, 0.717) is 16.8 Å². The van der Waals surface area contributed by atoms with Crippen LogP contribution in [-0.4, -0.2) is 40.4 Å². The summed E-state index contributed by atoms with van der Waals surface area (Å²) in [5.41, 5.74) is 0.163. The van der Waals surface area contributed by atoms with Gasteiger partial charge >= 0.3 is 12.1 Å². The number of amides is 2. The number of carbonyl (C=O) groups excluding carboxylic acids is 3. The number of anilines is 2. The SMILES string of the molecule is CCOC(=O)c1ccc(NC(=O)CC2C(=O)N(c3cccc(C(F)(F)F)c3)C(=S)N2Cc2ccc(F)cc2)cc1. The first kappa shape index (κ1) is 28.7. The van der Waals surface area contributed by atoms with E-state index in [0.717, 1.165) is 17.0 Å². The molecule has 3 aromatic rings. The number of hydrogen-bond donors (Lipinski definition) is 1. The van der Waals surface area contributed by atoms with Crippen LogP contribution in [-0.2, 0) is 27.0 Å². The molecule has 0 spiro atoms. The molecule has 0 radical (unpaired) electrons. The molecule has 1 unspecified atom stereocenters. The quantitative estimate of drug-likeness (QED) is 0.216. The van der Waals surface area contributed by atoms with Crippen LogP contribution in [0.3, 0.4) is 0 Å². The van der Waals surface area contributed by atoms with Gasteiger partial charge in [-0.2, -0.15) is 13.2 Å². The van der Waals surface area contributed by atoms with Gasteiger partial charge < -0.3 is 15.0 Å². The predicted molar refractivity (Wildman–Crippen MR) is 143 cm³/mol. The van der Waals surface area contributed by atoms with Crippen LogP contribution in [0.2, 0.25) is 0 Å². The number of nitrogens with one attached hydrogen (secondary N) is 1. The standard InChI is InChI=1S/C28H23F4N3O4S/c1-2-39-26(38)18-8-12-21(13-9-18)33-24(36)15-23-25(37)35(22-5-3-4-19(14-22)28(30,31)32)27(40)34(23)16-17-6-10-20(29)11-7-17/h3-14,23H,2,15-16H2,1H3,(H,33,36). The first-order chi connectivity index (χ1) is 19.0. The summed E-state index contributed by atoms with van der Waals surface area (Å²) in [5, 5.41) is 2.56. The lowest BCUT2D eigenvalue weighted by molar-refractivity contribution is -0.137. The van der Waals surface area contributed by atoms with Gasteiger partial charge in [0.2, 0.25) is 5.91 Å². The minimum atomic E-state index is -4.64. The van der Waals surface area contributed by atoms with Crippen molar-refractivity contribution in [1.29, 1.82) is 0 Å². The van der Waals surface area contributed by atoms with Crippen LogP contribution in [0.25, 0.3) is 0 Å². The Balaban J connectivity index is 1.58. The van der Waals surface area contributed by atoms with Crippen molar-refractivity contribution in [2.45, 2.75) is 32.1 Å². The fourth-order valence-corrected chi connectivity index (χ4v) is 4.54. The number of carbonyl (C=O) groups is 3. The Morgan fingerprint density at radius 1 is 1.02 bits per heavy atom. The molecular weight excluding hydrogens is 550 g/mol. The topological polar surface area (TPSA) is 78.9 Å². The molecule has 208 valence electrons. The molecule has 7 nitrogen and oxygen atoms in total. The van der Waals surface area contributed by atoms with E-state index in [2.05, 4.69) is 5.32 Å². The van der Waals surface area contributed by atoms with Crippen LogP contribution in [0, 0.1) is 5.82 Å². The maximum Gasteiger partial charge on any atom is 0.416 e.